The maximum absolute atomic E-state index is 8.85. The lowest BCUT2D eigenvalue weighted by molar-refractivity contribution is 0.385. The molecule has 1 aromatic heterocycles. The zero-order chi connectivity index (χ0) is 13.2. The van der Waals surface area contributed by atoms with E-state index in [9.17, 15) is 0 Å². The van der Waals surface area contributed by atoms with Gasteiger partial charge in [-0.2, -0.15) is 10.5 Å². The Balaban J connectivity index is 2.12. The van der Waals surface area contributed by atoms with Crippen LogP contribution in [-0.4, -0.2) is 17.3 Å². The number of nitrogens with zero attached hydrogens (tertiary/aromatic N) is 3. The van der Waals surface area contributed by atoms with Crippen molar-refractivity contribution >= 4 is 17.0 Å². The van der Waals surface area contributed by atoms with Crippen molar-refractivity contribution in [3.05, 3.63) is 41.6 Å². The summed E-state index contributed by atoms with van der Waals surface area (Å²) in [4.78, 5) is 0. The minimum Gasteiger partial charge on any atom is -0.371 e. The number of hydrogen-bond donors (Lipinski definition) is 0. The Morgan fingerprint density at radius 2 is 2.11 bits per heavy atom. The van der Waals surface area contributed by atoms with Crippen LogP contribution >= 0.6 is 0 Å². The van der Waals surface area contributed by atoms with Crippen LogP contribution in [0.15, 0.2) is 36.0 Å². The third-order valence-electron chi connectivity index (χ3n) is 3.16. The van der Waals surface area contributed by atoms with E-state index in [2.05, 4.69) is 4.57 Å². The molecule has 92 valence electrons. The lowest BCUT2D eigenvalue weighted by Crippen LogP contribution is -2.01. The first-order valence-corrected chi connectivity index (χ1v) is 6.03. The summed E-state index contributed by atoms with van der Waals surface area (Å²) in [6.45, 7) is 1.61. The summed E-state index contributed by atoms with van der Waals surface area (Å²) >= 11 is 0. The SMILES string of the molecule is N#CC(C#N)=Cc1cn(CC2CO2)c2ccccc12. The molecule has 0 spiro atoms. The average molecular weight is 249 g/mol. The number of benzene rings is 1. The standard InChI is InChI=1S/C15H11N3O/c16-6-11(7-17)5-12-8-18(9-13-10-19-13)15-4-2-1-3-14(12)15/h1-5,8,13H,9-10H2. The molecule has 0 bridgehead atoms. The van der Waals surface area contributed by atoms with Crippen LogP contribution in [0.2, 0.25) is 0 Å². The van der Waals surface area contributed by atoms with Crippen molar-refractivity contribution in [3.63, 3.8) is 0 Å². The van der Waals surface area contributed by atoms with Gasteiger partial charge in [0, 0.05) is 22.7 Å². The van der Waals surface area contributed by atoms with E-state index in [1.54, 1.807) is 6.08 Å². The maximum Gasteiger partial charge on any atom is 0.130 e. The second kappa shape index (κ2) is 4.61. The summed E-state index contributed by atoms with van der Waals surface area (Å²) in [6, 6.07) is 11.8. The van der Waals surface area contributed by atoms with Crippen LogP contribution in [0.25, 0.3) is 17.0 Å². The highest BCUT2D eigenvalue weighted by Crippen LogP contribution is 2.25. The number of aromatic nitrogens is 1. The zero-order valence-corrected chi connectivity index (χ0v) is 10.2. The van der Waals surface area contributed by atoms with Crippen LogP contribution in [0.4, 0.5) is 0 Å². The van der Waals surface area contributed by atoms with Crippen molar-refractivity contribution in [2.24, 2.45) is 0 Å². The molecule has 0 N–H and O–H groups in total. The predicted molar refractivity (Wildman–Crippen MR) is 70.9 cm³/mol. The van der Waals surface area contributed by atoms with Gasteiger partial charge >= 0.3 is 0 Å². The van der Waals surface area contributed by atoms with Crippen molar-refractivity contribution in [1.82, 2.24) is 4.57 Å². The van der Waals surface area contributed by atoms with Crippen LogP contribution in [0.3, 0.4) is 0 Å². The Morgan fingerprint density at radius 1 is 1.37 bits per heavy atom. The largest absolute Gasteiger partial charge is 0.371 e. The van der Waals surface area contributed by atoms with Gasteiger partial charge in [0.25, 0.3) is 0 Å². The fourth-order valence-corrected chi connectivity index (χ4v) is 2.18. The molecule has 1 fully saturated rings. The first-order chi connectivity index (χ1) is 9.31. The molecular formula is C15H11N3O. The number of nitriles is 2. The van der Waals surface area contributed by atoms with Crippen molar-refractivity contribution in [2.75, 3.05) is 6.61 Å². The smallest absolute Gasteiger partial charge is 0.130 e. The van der Waals surface area contributed by atoms with Gasteiger partial charge in [-0.05, 0) is 12.1 Å². The Kier molecular flexibility index (Phi) is 2.79. The number of ether oxygens (including phenoxy) is 1. The van der Waals surface area contributed by atoms with Gasteiger partial charge in [0.05, 0.1) is 19.3 Å². The topological polar surface area (TPSA) is 65.0 Å². The van der Waals surface area contributed by atoms with Crippen molar-refractivity contribution < 1.29 is 4.74 Å². The summed E-state index contributed by atoms with van der Waals surface area (Å²) in [5.74, 6) is 0. The number of hydrogen-bond acceptors (Lipinski definition) is 3. The lowest BCUT2D eigenvalue weighted by Gasteiger charge is -2.00. The van der Waals surface area contributed by atoms with E-state index < -0.39 is 0 Å². The summed E-state index contributed by atoms with van der Waals surface area (Å²) in [6.07, 6.45) is 3.90. The van der Waals surface area contributed by atoms with Crippen LogP contribution in [0, 0.1) is 22.7 Å². The van der Waals surface area contributed by atoms with E-state index in [1.165, 1.54) is 0 Å². The van der Waals surface area contributed by atoms with E-state index in [0.717, 1.165) is 29.6 Å². The molecule has 2 heterocycles. The first kappa shape index (κ1) is 11.5. The summed E-state index contributed by atoms with van der Waals surface area (Å²) in [7, 11) is 0. The van der Waals surface area contributed by atoms with Gasteiger partial charge < -0.3 is 9.30 Å². The molecule has 0 saturated carbocycles. The minimum absolute atomic E-state index is 0.116. The molecule has 1 aromatic carbocycles. The van der Waals surface area contributed by atoms with Crippen LogP contribution in [0.1, 0.15) is 5.56 Å². The van der Waals surface area contributed by atoms with Crippen molar-refractivity contribution in [2.45, 2.75) is 12.6 Å². The van der Waals surface area contributed by atoms with Crippen molar-refractivity contribution in [1.29, 1.82) is 10.5 Å². The Morgan fingerprint density at radius 3 is 2.79 bits per heavy atom. The highest BCUT2D eigenvalue weighted by Gasteiger charge is 2.23. The molecule has 1 aliphatic rings. The highest BCUT2D eigenvalue weighted by molar-refractivity contribution is 5.90. The first-order valence-electron chi connectivity index (χ1n) is 6.03. The molecule has 3 rings (SSSR count). The number of allylic oxidation sites excluding steroid dienone is 1. The second-order valence-electron chi connectivity index (χ2n) is 4.49. The van der Waals surface area contributed by atoms with E-state index in [4.69, 9.17) is 15.3 Å². The third kappa shape index (κ3) is 2.22. The maximum atomic E-state index is 8.85. The average Bonchev–Trinajstić information content (AvgIpc) is 3.20. The molecule has 0 radical (unpaired) electrons. The lowest BCUT2D eigenvalue weighted by atomic mass is 10.1. The second-order valence-corrected chi connectivity index (χ2v) is 4.49. The Hall–Kier alpha value is -2.56. The number of rotatable bonds is 3. The van der Waals surface area contributed by atoms with E-state index >= 15 is 0 Å². The fourth-order valence-electron chi connectivity index (χ4n) is 2.18. The van der Waals surface area contributed by atoms with Gasteiger partial charge in [-0.15, -0.1) is 0 Å². The summed E-state index contributed by atoms with van der Waals surface area (Å²) in [5.41, 5.74) is 2.11. The Labute approximate surface area is 110 Å². The molecule has 1 unspecified atom stereocenters. The molecular weight excluding hydrogens is 238 g/mol. The van der Waals surface area contributed by atoms with Gasteiger partial charge in [0.2, 0.25) is 0 Å². The third-order valence-corrected chi connectivity index (χ3v) is 3.16. The van der Waals surface area contributed by atoms with E-state index in [1.807, 2.05) is 42.6 Å². The van der Waals surface area contributed by atoms with Gasteiger partial charge in [0.1, 0.15) is 17.7 Å². The van der Waals surface area contributed by atoms with E-state index in [0.29, 0.717) is 6.10 Å². The number of para-hydroxylation sites is 1. The molecule has 1 aliphatic heterocycles. The van der Waals surface area contributed by atoms with Gasteiger partial charge in [0.15, 0.2) is 0 Å². The van der Waals surface area contributed by atoms with Crippen LogP contribution in [0.5, 0.6) is 0 Å². The van der Waals surface area contributed by atoms with Crippen LogP contribution < -0.4 is 0 Å². The van der Waals surface area contributed by atoms with Gasteiger partial charge in [-0.3, -0.25) is 0 Å². The molecule has 0 aliphatic carbocycles. The summed E-state index contributed by atoms with van der Waals surface area (Å²) < 4.78 is 7.37. The number of fused-ring (bicyclic) bond motifs is 1. The van der Waals surface area contributed by atoms with E-state index in [-0.39, 0.29) is 5.57 Å². The predicted octanol–water partition coefficient (Wildman–Crippen LogP) is 2.47. The number of epoxide rings is 1. The molecule has 2 aromatic rings. The highest BCUT2D eigenvalue weighted by atomic mass is 16.6. The molecule has 4 nitrogen and oxygen atoms in total. The molecule has 4 heteroatoms. The summed E-state index contributed by atoms with van der Waals surface area (Å²) in [5, 5.41) is 18.8. The quantitative estimate of drug-likeness (QED) is 0.620. The zero-order valence-electron chi connectivity index (χ0n) is 10.2. The molecule has 1 saturated heterocycles. The van der Waals surface area contributed by atoms with Crippen LogP contribution in [-0.2, 0) is 11.3 Å². The minimum atomic E-state index is 0.116. The van der Waals surface area contributed by atoms with Crippen molar-refractivity contribution in [3.8, 4) is 12.1 Å². The van der Waals surface area contributed by atoms with Gasteiger partial charge in [-0.25, -0.2) is 0 Å². The monoisotopic (exact) mass is 249 g/mol. The molecule has 19 heavy (non-hydrogen) atoms. The Bertz CT molecular complexity index is 723. The molecule has 1 atom stereocenters. The molecule has 0 amide bonds. The fraction of sp³-hybridized carbons (Fsp3) is 0.200. The normalized spacial score (nSPS) is 16.6. The van der Waals surface area contributed by atoms with Gasteiger partial charge in [-0.1, -0.05) is 18.2 Å².